The highest BCUT2D eigenvalue weighted by molar-refractivity contribution is 6.02. The normalized spacial score (nSPS) is 26.1. The Morgan fingerprint density at radius 2 is 1.69 bits per heavy atom. The number of rotatable bonds is 10. The Morgan fingerprint density at radius 1 is 1.06 bits per heavy atom. The fourth-order valence-electron chi connectivity index (χ4n) is 5.90. The van der Waals surface area contributed by atoms with Crippen LogP contribution in [0.1, 0.15) is 41.0 Å². The average Bonchev–Trinajstić information content (AvgIpc) is 3.17. The van der Waals surface area contributed by atoms with Gasteiger partial charge in [-0.25, -0.2) is 0 Å². The van der Waals surface area contributed by atoms with Crippen molar-refractivity contribution in [2.75, 3.05) is 37.0 Å². The van der Waals surface area contributed by atoms with Crippen molar-refractivity contribution in [3.05, 3.63) is 36.4 Å². The summed E-state index contributed by atoms with van der Waals surface area (Å²) in [6, 6.07) is 6.34. The molecule has 8 nitrogen and oxygen atoms in total. The Morgan fingerprint density at radius 3 is 2.19 bits per heavy atom. The molecule has 1 aromatic rings. The van der Waals surface area contributed by atoms with E-state index < -0.39 is 29.8 Å². The largest absolute Gasteiger partial charge is 0.394 e. The van der Waals surface area contributed by atoms with E-state index >= 15 is 0 Å². The van der Waals surface area contributed by atoms with E-state index in [2.05, 4.69) is 29.4 Å². The lowest BCUT2D eigenvalue weighted by Crippen LogP contribution is -2.52. The van der Waals surface area contributed by atoms with Crippen molar-refractivity contribution in [3.8, 4) is 0 Å². The number of amides is 3. The predicted molar refractivity (Wildman–Crippen MR) is 142 cm³/mol. The van der Waals surface area contributed by atoms with Crippen LogP contribution in [-0.4, -0.2) is 66.6 Å². The van der Waals surface area contributed by atoms with E-state index in [1.54, 1.807) is 11.9 Å². The Hall–Kier alpha value is -2.87. The van der Waals surface area contributed by atoms with Gasteiger partial charge in [-0.3, -0.25) is 14.4 Å². The molecule has 2 aliphatic rings. The number of likely N-dealkylation sites (tertiary alicyclic amines) is 1. The van der Waals surface area contributed by atoms with E-state index in [0.29, 0.717) is 12.1 Å². The number of nitrogens with one attached hydrogen (secondary N) is 2. The third kappa shape index (κ3) is 5.14. The predicted octanol–water partition coefficient (Wildman–Crippen LogP) is 2.89. The molecule has 6 atom stereocenters. The average molecular weight is 499 g/mol. The third-order valence-electron chi connectivity index (χ3n) is 7.91. The molecule has 3 amide bonds. The second-order valence-corrected chi connectivity index (χ2v) is 10.1. The second-order valence-electron chi connectivity index (χ2n) is 10.1. The van der Waals surface area contributed by atoms with Gasteiger partial charge in [-0.2, -0.15) is 0 Å². The van der Waals surface area contributed by atoms with Gasteiger partial charge in [-0.05, 0) is 56.4 Å². The minimum Gasteiger partial charge on any atom is -0.394 e. The summed E-state index contributed by atoms with van der Waals surface area (Å²) >= 11 is 0. The van der Waals surface area contributed by atoms with E-state index in [1.165, 1.54) is 0 Å². The number of carbonyl (C=O) groups excluding carboxylic acids is 3. The molecule has 1 saturated heterocycles. The van der Waals surface area contributed by atoms with Crippen LogP contribution in [0.15, 0.2) is 36.4 Å². The van der Waals surface area contributed by atoms with Crippen LogP contribution < -0.4 is 15.5 Å². The van der Waals surface area contributed by atoms with E-state index in [9.17, 15) is 19.5 Å². The quantitative estimate of drug-likeness (QED) is 0.431. The molecular weight excluding hydrogens is 456 g/mol. The molecule has 0 radical (unpaired) electrons. The van der Waals surface area contributed by atoms with Crippen LogP contribution in [0.5, 0.6) is 0 Å². The molecular formula is C28H42N4O4. The van der Waals surface area contributed by atoms with Crippen LogP contribution in [0, 0.1) is 29.6 Å². The summed E-state index contributed by atoms with van der Waals surface area (Å²) in [5.41, 5.74) is 1.72. The van der Waals surface area contributed by atoms with Crippen molar-refractivity contribution in [2.45, 2.75) is 53.1 Å². The molecule has 8 heteroatoms. The zero-order valence-electron chi connectivity index (χ0n) is 22.4. The molecule has 198 valence electrons. The molecule has 0 aromatic heterocycles. The fourth-order valence-corrected chi connectivity index (χ4v) is 5.90. The van der Waals surface area contributed by atoms with Crippen molar-refractivity contribution < 1.29 is 19.5 Å². The standard InChI is InChI=1S/C28H42N4O4/c1-7-18-10-15-21-24(23(18)26(34)29-6)28(36)32(22(16-33)17(4)5)25(21)27(35)30-19-11-13-20(14-12-19)31(8-2)9-3/h10-15,17-18,21-25,33H,7-9,16H2,1-6H3,(H,29,34)(H,30,35)/t18-,21+,22+,23-,24-,25+/m1/s1. The van der Waals surface area contributed by atoms with Crippen LogP contribution in [0.25, 0.3) is 0 Å². The van der Waals surface area contributed by atoms with Crippen molar-refractivity contribution in [3.63, 3.8) is 0 Å². The number of aliphatic hydroxyl groups excluding tert-OH is 1. The molecule has 0 bridgehead atoms. The van der Waals surface area contributed by atoms with Gasteiger partial charge in [0.05, 0.1) is 24.5 Å². The van der Waals surface area contributed by atoms with Crippen molar-refractivity contribution >= 4 is 29.1 Å². The monoisotopic (exact) mass is 498 g/mol. The van der Waals surface area contributed by atoms with Crippen LogP contribution in [0.4, 0.5) is 11.4 Å². The van der Waals surface area contributed by atoms with Crippen molar-refractivity contribution in [2.24, 2.45) is 29.6 Å². The number of allylic oxidation sites excluding steroid dienone is 1. The first-order valence-electron chi connectivity index (χ1n) is 13.2. The number of hydrogen-bond donors (Lipinski definition) is 3. The van der Waals surface area contributed by atoms with Gasteiger partial charge in [0, 0.05) is 37.4 Å². The molecule has 0 saturated carbocycles. The maximum absolute atomic E-state index is 13.9. The highest BCUT2D eigenvalue weighted by Gasteiger charge is 2.58. The maximum atomic E-state index is 13.9. The number of aliphatic hydroxyl groups is 1. The zero-order valence-corrected chi connectivity index (χ0v) is 22.4. The third-order valence-corrected chi connectivity index (χ3v) is 7.91. The summed E-state index contributed by atoms with van der Waals surface area (Å²) in [4.78, 5) is 44.4. The van der Waals surface area contributed by atoms with Gasteiger partial charge in [0.25, 0.3) is 0 Å². The minimum absolute atomic E-state index is 0.0628. The topological polar surface area (TPSA) is 102 Å². The SMILES string of the molecule is CC[C@@H]1C=C[C@H]2[C@@H](C(=O)N([C@@H](CO)C(C)C)[C@@H]2C(=O)Nc2ccc(N(CC)CC)cc2)[C@@H]1C(=O)NC. The number of hydrogen-bond acceptors (Lipinski definition) is 5. The molecule has 3 rings (SSSR count). The van der Waals surface area contributed by atoms with Gasteiger partial charge in [0.2, 0.25) is 17.7 Å². The Bertz CT molecular complexity index is 957. The number of carbonyl (C=O) groups is 3. The Kier molecular flexibility index (Phi) is 9.17. The summed E-state index contributed by atoms with van der Waals surface area (Å²) in [5.74, 6) is -2.53. The first-order valence-corrected chi connectivity index (χ1v) is 13.2. The summed E-state index contributed by atoms with van der Waals surface area (Å²) in [6.07, 6.45) is 4.65. The summed E-state index contributed by atoms with van der Waals surface area (Å²) < 4.78 is 0. The lowest BCUT2D eigenvalue weighted by Gasteiger charge is -2.35. The molecule has 1 aliphatic heterocycles. The maximum Gasteiger partial charge on any atom is 0.247 e. The van der Waals surface area contributed by atoms with Gasteiger partial charge in [0.1, 0.15) is 6.04 Å². The molecule has 1 fully saturated rings. The number of anilines is 2. The molecule has 0 spiro atoms. The highest BCUT2D eigenvalue weighted by atomic mass is 16.3. The molecule has 3 N–H and O–H groups in total. The van der Waals surface area contributed by atoms with Crippen LogP contribution in [0.2, 0.25) is 0 Å². The van der Waals surface area contributed by atoms with Gasteiger partial charge >= 0.3 is 0 Å². The van der Waals surface area contributed by atoms with Gasteiger partial charge in [0.15, 0.2) is 0 Å². The fraction of sp³-hybridized carbons (Fsp3) is 0.607. The molecule has 1 heterocycles. The van der Waals surface area contributed by atoms with Crippen molar-refractivity contribution in [1.29, 1.82) is 0 Å². The lowest BCUT2D eigenvalue weighted by molar-refractivity contribution is -0.143. The van der Waals surface area contributed by atoms with Gasteiger partial charge in [-0.1, -0.05) is 32.9 Å². The number of fused-ring (bicyclic) bond motifs is 1. The highest BCUT2D eigenvalue weighted by Crippen LogP contribution is 2.46. The molecule has 0 unspecified atom stereocenters. The van der Waals surface area contributed by atoms with Crippen LogP contribution in [-0.2, 0) is 14.4 Å². The Labute approximate surface area is 215 Å². The van der Waals surface area contributed by atoms with Crippen molar-refractivity contribution in [1.82, 2.24) is 10.2 Å². The zero-order chi connectivity index (χ0) is 26.6. The summed E-state index contributed by atoms with van der Waals surface area (Å²) in [7, 11) is 1.58. The van der Waals surface area contributed by atoms with Gasteiger partial charge < -0.3 is 25.5 Å². The minimum atomic E-state index is -0.814. The second kappa shape index (κ2) is 11.9. The van der Waals surface area contributed by atoms with E-state index in [0.717, 1.165) is 18.8 Å². The van der Waals surface area contributed by atoms with Gasteiger partial charge in [-0.15, -0.1) is 0 Å². The van der Waals surface area contributed by atoms with E-state index in [-0.39, 0.29) is 36.2 Å². The van der Waals surface area contributed by atoms with Crippen LogP contribution in [0.3, 0.4) is 0 Å². The molecule has 1 aliphatic carbocycles. The molecule has 1 aromatic carbocycles. The van der Waals surface area contributed by atoms with Crippen LogP contribution >= 0.6 is 0 Å². The first-order chi connectivity index (χ1) is 17.2. The molecule has 36 heavy (non-hydrogen) atoms. The van der Waals surface area contributed by atoms with E-state index in [4.69, 9.17) is 0 Å². The first kappa shape index (κ1) is 27.7. The number of benzene rings is 1. The summed E-state index contributed by atoms with van der Waals surface area (Å²) in [5, 5.41) is 15.9. The number of nitrogens with zero attached hydrogens (tertiary/aromatic N) is 2. The Balaban J connectivity index is 1.98. The lowest BCUT2D eigenvalue weighted by atomic mass is 9.69. The summed E-state index contributed by atoms with van der Waals surface area (Å²) in [6.45, 7) is 11.6. The smallest absolute Gasteiger partial charge is 0.247 e. The van der Waals surface area contributed by atoms with E-state index in [1.807, 2.05) is 57.2 Å².